The van der Waals surface area contributed by atoms with Gasteiger partial charge in [-0.05, 0) is 24.3 Å². The maximum absolute atomic E-state index is 11.9. The number of phenolic OH excluding ortho intramolecular Hbond substituents is 1. The van der Waals surface area contributed by atoms with Crippen LogP contribution < -0.4 is 4.18 Å². The van der Waals surface area contributed by atoms with Gasteiger partial charge in [0.1, 0.15) is 11.5 Å². The minimum Gasteiger partial charge on any atom is -0.508 e. The van der Waals surface area contributed by atoms with Crippen LogP contribution in [0.2, 0.25) is 0 Å². The lowest BCUT2D eigenvalue weighted by Crippen LogP contribution is -2.00. The first-order chi connectivity index (χ1) is 5.47. The summed E-state index contributed by atoms with van der Waals surface area (Å²) in [5.74, 6) is -0.242. The molecule has 1 aromatic carbocycles. The molecule has 0 saturated heterocycles. The number of phenols is 1. The van der Waals surface area contributed by atoms with Crippen LogP contribution in [0.5, 0.6) is 11.5 Å². The lowest BCUT2D eigenvalue weighted by molar-refractivity contribution is 0.437. The van der Waals surface area contributed by atoms with E-state index < -0.39 is 10.5 Å². The Morgan fingerprint density at radius 2 is 1.75 bits per heavy atom. The predicted octanol–water partition coefficient (Wildman–Crippen LogP) is 0.985. The number of aromatic hydroxyl groups is 1. The Hall–Kier alpha value is -1.30. The van der Waals surface area contributed by atoms with Gasteiger partial charge in [0.15, 0.2) is 0 Å². The van der Waals surface area contributed by atoms with Crippen LogP contribution in [0.15, 0.2) is 24.3 Å². The highest BCUT2D eigenvalue weighted by Gasteiger charge is 2.08. The van der Waals surface area contributed by atoms with E-state index in [1.54, 1.807) is 0 Å². The molecular formula is C6H5FO4S. The Balaban J connectivity index is 2.85. The van der Waals surface area contributed by atoms with Crippen LogP contribution in [0.4, 0.5) is 3.89 Å². The maximum atomic E-state index is 11.9. The van der Waals surface area contributed by atoms with E-state index >= 15 is 0 Å². The molecular weight excluding hydrogens is 187 g/mol. The van der Waals surface area contributed by atoms with Crippen LogP contribution in [0.1, 0.15) is 0 Å². The fourth-order valence-electron chi connectivity index (χ4n) is 0.617. The van der Waals surface area contributed by atoms with E-state index in [1.807, 2.05) is 0 Å². The Bertz CT molecular complexity index is 356. The lowest BCUT2D eigenvalue weighted by Gasteiger charge is -1.98. The third-order valence-corrected chi connectivity index (χ3v) is 1.42. The number of hydrogen-bond acceptors (Lipinski definition) is 4. The minimum atomic E-state index is -4.97. The summed E-state index contributed by atoms with van der Waals surface area (Å²) in [6.07, 6.45) is 0. The molecule has 0 unspecified atom stereocenters. The molecule has 66 valence electrons. The average molecular weight is 192 g/mol. The van der Waals surface area contributed by atoms with Crippen molar-refractivity contribution in [2.24, 2.45) is 0 Å². The zero-order valence-electron chi connectivity index (χ0n) is 5.77. The molecule has 6 heteroatoms. The van der Waals surface area contributed by atoms with Gasteiger partial charge >= 0.3 is 10.5 Å². The van der Waals surface area contributed by atoms with Crippen LogP contribution in [0.3, 0.4) is 0 Å². The monoisotopic (exact) mass is 192 g/mol. The first kappa shape index (κ1) is 8.79. The zero-order chi connectivity index (χ0) is 9.19. The Labute approximate surface area is 68.6 Å². The van der Waals surface area contributed by atoms with E-state index in [0.29, 0.717) is 0 Å². The summed E-state index contributed by atoms with van der Waals surface area (Å²) in [7, 11) is -4.97. The molecule has 0 aliphatic carbocycles. The summed E-state index contributed by atoms with van der Waals surface area (Å²) in [5.41, 5.74) is 0. The van der Waals surface area contributed by atoms with E-state index in [2.05, 4.69) is 4.18 Å². The van der Waals surface area contributed by atoms with Crippen molar-refractivity contribution in [1.82, 2.24) is 0 Å². The van der Waals surface area contributed by atoms with Crippen molar-refractivity contribution in [3.05, 3.63) is 24.3 Å². The summed E-state index contributed by atoms with van der Waals surface area (Å²) in [6, 6.07) is 4.62. The first-order valence-electron chi connectivity index (χ1n) is 2.90. The maximum Gasteiger partial charge on any atom is 0.488 e. The summed E-state index contributed by atoms with van der Waals surface area (Å²) in [6.45, 7) is 0. The van der Waals surface area contributed by atoms with Crippen LogP contribution >= 0.6 is 0 Å². The lowest BCUT2D eigenvalue weighted by atomic mass is 10.3. The van der Waals surface area contributed by atoms with E-state index in [1.165, 1.54) is 12.1 Å². The predicted molar refractivity (Wildman–Crippen MR) is 38.8 cm³/mol. The molecule has 0 atom stereocenters. The average Bonchev–Trinajstić information content (AvgIpc) is 1.91. The van der Waals surface area contributed by atoms with Gasteiger partial charge in [0.25, 0.3) is 0 Å². The molecule has 0 radical (unpaired) electrons. The number of halogens is 1. The van der Waals surface area contributed by atoms with E-state index in [0.717, 1.165) is 12.1 Å². The number of hydrogen-bond donors (Lipinski definition) is 1. The molecule has 1 rings (SSSR count). The molecule has 12 heavy (non-hydrogen) atoms. The second kappa shape index (κ2) is 2.98. The summed E-state index contributed by atoms with van der Waals surface area (Å²) >= 11 is 0. The molecule has 0 amide bonds. The summed E-state index contributed by atoms with van der Waals surface area (Å²) < 4.78 is 35.6. The SMILES string of the molecule is O=S(=O)(F)Oc1ccc(O)cc1. The van der Waals surface area contributed by atoms with Gasteiger partial charge in [0, 0.05) is 0 Å². The van der Waals surface area contributed by atoms with Crippen LogP contribution in [-0.4, -0.2) is 13.5 Å². The van der Waals surface area contributed by atoms with Crippen molar-refractivity contribution in [2.45, 2.75) is 0 Å². The van der Waals surface area contributed by atoms with Gasteiger partial charge in [-0.3, -0.25) is 0 Å². The van der Waals surface area contributed by atoms with Crippen LogP contribution in [-0.2, 0) is 10.5 Å². The van der Waals surface area contributed by atoms with E-state index in [4.69, 9.17) is 5.11 Å². The third-order valence-electron chi connectivity index (χ3n) is 1.03. The Kier molecular flexibility index (Phi) is 2.18. The molecule has 0 bridgehead atoms. The van der Waals surface area contributed by atoms with Crippen molar-refractivity contribution in [2.75, 3.05) is 0 Å². The van der Waals surface area contributed by atoms with Gasteiger partial charge in [-0.2, -0.15) is 8.42 Å². The van der Waals surface area contributed by atoms with Gasteiger partial charge in [-0.15, -0.1) is 0 Å². The van der Waals surface area contributed by atoms with Crippen LogP contribution in [0.25, 0.3) is 0 Å². The molecule has 0 spiro atoms. The van der Waals surface area contributed by atoms with Gasteiger partial charge in [-0.1, -0.05) is 3.89 Å². The van der Waals surface area contributed by atoms with Crippen molar-refractivity contribution in [1.29, 1.82) is 0 Å². The molecule has 1 aromatic rings. The molecule has 0 saturated carbocycles. The van der Waals surface area contributed by atoms with Gasteiger partial charge in [0.2, 0.25) is 0 Å². The van der Waals surface area contributed by atoms with Crippen molar-refractivity contribution < 1.29 is 21.6 Å². The second-order valence-electron chi connectivity index (χ2n) is 1.97. The number of benzene rings is 1. The highest BCUT2D eigenvalue weighted by atomic mass is 32.3. The van der Waals surface area contributed by atoms with Crippen molar-refractivity contribution in [3.8, 4) is 11.5 Å². The fraction of sp³-hybridized carbons (Fsp3) is 0. The topological polar surface area (TPSA) is 63.6 Å². The van der Waals surface area contributed by atoms with Crippen molar-refractivity contribution in [3.63, 3.8) is 0 Å². The van der Waals surface area contributed by atoms with Gasteiger partial charge < -0.3 is 9.29 Å². The van der Waals surface area contributed by atoms with Gasteiger partial charge in [0.05, 0.1) is 0 Å². The molecule has 0 aliphatic heterocycles. The largest absolute Gasteiger partial charge is 0.508 e. The molecule has 4 nitrogen and oxygen atoms in total. The first-order valence-corrected chi connectivity index (χ1v) is 4.21. The molecule has 0 heterocycles. The molecule has 1 N–H and O–H groups in total. The van der Waals surface area contributed by atoms with Crippen molar-refractivity contribution >= 4 is 10.5 Å². The van der Waals surface area contributed by atoms with E-state index in [9.17, 15) is 12.3 Å². The molecule has 0 fully saturated rings. The number of rotatable bonds is 2. The standard InChI is InChI=1S/C6H5FO4S/c7-12(9,10)11-6-3-1-5(8)2-4-6/h1-4,8H. The minimum absolute atomic E-state index is 0.0568. The smallest absolute Gasteiger partial charge is 0.488 e. The van der Waals surface area contributed by atoms with Gasteiger partial charge in [-0.25, -0.2) is 0 Å². The Morgan fingerprint density at radius 1 is 1.25 bits per heavy atom. The Morgan fingerprint density at radius 3 is 2.17 bits per heavy atom. The third kappa shape index (κ3) is 2.75. The highest BCUT2D eigenvalue weighted by Crippen LogP contribution is 2.17. The van der Waals surface area contributed by atoms with E-state index in [-0.39, 0.29) is 11.5 Å². The summed E-state index contributed by atoms with van der Waals surface area (Å²) in [4.78, 5) is 0. The van der Waals surface area contributed by atoms with Crippen LogP contribution in [0, 0.1) is 0 Å². The highest BCUT2D eigenvalue weighted by molar-refractivity contribution is 7.81. The molecule has 0 aliphatic rings. The zero-order valence-corrected chi connectivity index (χ0v) is 6.58. The quantitative estimate of drug-likeness (QED) is 0.709. The molecule has 0 aromatic heterocycles. The normalized spacial score (nSPS) is 11.1. The summed E-state index contributed by atoms with van der Waals surface area (Å²) in [5, 5.41) is 8.76. The fourth-order valence-corrected chi connectivity index (χ4v) is 0.958. The second-order valence-corrected chi connectivity index (χ2v) is 2.92.